The zero-order valence-electron chi connectivity index (χ0n) is 19.5. The number of nitrogens with zero attached hydrogens (tertiary/aromatic N) is 2. The molecule has 5 rings (SSSR count). The third-order valence-corrected chi connectivity index (χ3v) is 7.12. The predicted octanol–water partition coefficient (Wildman–Crippen LogP) is 5.62. The Morgan fingerprint density at radius 1 is 1.09 bits per heavy atom. The third kappa shape index (κ3) is 3.83. The van der Waals surface area contributed by atoms with Crippen LogP contribution < -0.4 is 4.74 Å². The van der Waals surface area contributed by atoms with Gasteiger partial charge in [0.2, 0.25) is 0 Å². The molecule has 178 valence electrons. The minimum atomic E-state index is -0.529. The van der Waals surface area contributed by atoms with Crippen LogP contribution in [0.15, 0.2) is 59.1 Å². The van der Waals surface area contributed by atoms with Crippen molar-refractivity contribution in [1.29, 1.82) is 0 Å². The van der Waals surface area contributed by atoms with Crippen molar-refractivity contribution in [3.05, 3.63) is 92.6 Å². The zero-order chi connectivity index (χ0) is 24.9. The number of nitrogens with one attached hydrogen (secondary N) is 1. The number of benzene rings is 3. The molecule has 0 saturated heterocycles. The van der Waals surface area contributed by atoms with Crippen molar-refractivity contribution in [1.82, 2.24) is 15.1 Å². The normalized spacial score (nSPS) is 14.9. The van der Waals surface area contributed by atoms with Crippen molar-refractivity contribution >= 4 is 21.8 Å². The minimum Gasteiger partial charge on any atom is -0.507 e. The summed E-state index contributed by atoms with van der Waals surface area (Å²) >= 11 is 3.41. The molecule has 35 heavy (non-hydrogen) atoms. The lowest BCUT2D eigenvalue weighted by Crippen LogP contribution is -2.29. The minimum absolute atomic E-state index is 0.0189. The van der Waals surface area contributed by atoms with Gasteiger partial charge in [-0.05, 0) is 76.3 Å². The topological polar surface area (TPSA) is 98.7 Å². The number of hydrogen-bond acceptors (Lipinski definition) is 5. The first-order valence-corrected chi connectivity index (χ1v) is 11.9. The van der Waals surface area contributed by atoms with Crippen LogP contribution in [-0.4, -0.2) is 38.3 Å². The summed E-state index contributed by atoms with van der Waals surface area (Å²) in [4.78, 5) is 15.4. The number of fused-ring (bicyclic) bond motifs is 1. The van der Waals surface area contributed by atoms with E-state index in [1.807, 2.05) is 50.2 Å². The molecule has 0 spiro atoms. The SMILES string of the molecule is COc1cc([C@H]2c3c(-c4cc(C)c(C)cc4O)n[nH]c3C(=O)N2Cc2ccccc2)cc(Br)c1O. The van der Waals surface area contributed by atoms with Gasteiger partial charge in [0, 0.05) is 17.7 Å². The Hall–Kier alpha value is -3.78. The molecule has 3 aromatic carbocycles. The molecule has 0 unspecified atom stereocenters. The van der Waals surface area contributed by atoms with Gasteiger partial charge < -0.3 is 19.8 Å². The summed E-state index contributed by atoms with van der Waals surface area (Å²) in [7, 11) is 1.48. The molecule has 0 fully saturated rings. The Kier molecular flexibility index (Phi) is 5.76. The maximum Gasteiger partial charge on any atom is 0.273 e. The molecule has 7 nitrogen and oxygen atoms in total. The molecule has 1 aromatic heterocycles. The van der Waals surface area contributed by atoms with Crippen LogP contribution in [0.5, 0.6) is 17.2 Å². The van der Waals surface area contributed by atoms with E-state index in [0.29, 0.717) is 33.5 Å². The fourth-order valence-electron chi connectivity index (χ4n) is 4.59. The largest absolute Gasteiger partial charge is 0.507 e. The van der Waals surface area contributed by atoms with Crippen LogP contribution in [0.25, 0.3) is 11.3 Å². The molecule has 1 aliphatic heterocycles. The van der Waals surface area contributed by atoms with E-state index >= 15 is 0 Å². The Labute approximate surface area is 211 Å². The van der Waals surface area contributed by atoms with Crippen molar-refractivity contribution in [2.75, 3.05) is 7.11 Å². The Balaban J connectivity index is 1.73. The van der Waals surface area contributed by atoms with Gasteiger partial charge in [-0.3, -0.25) is 9.89 Å². The van der Waals surface area contributed by atoms with Crippen LogP contribution in [0, 0.1) is 13.8 Å². The second kappa shape index (κ2) is 8.78. The van der Waals surface area contributed by atoms with E-state index in [9.17, 15) is 15.0 Å². The number of phenolic OH excluding ortho intramolecular Hbond substituents is 2. The first kappa shape index (κ1) is 23.0. The molecular formula is C27H24BrN3O4. The number of methoxy groups -OCH3 is 1. The second-order valence-electron chi connectivity index (χ2n) is 8.69. The Morgan fingerprint density at radius 3 is 2.51 bits per heavy atom. The Morgan fingerprint density at radius 2 is 1.80 bits per heavy atom. The summed E-state index contributed by atoms with van der Waals surface area (Å²) in [5.74, 6) is 0.169. The predicted molar refractivity (Wildman–Crippen MR) is 136 cm³/mol. The molecule has 0 radical (unpaired) electrons. The number of amides is 1. The zero-order valence-corrected chi connectivity index (χ0v) is 21.0. The van der Waals surface area contributed by atoms with Gasteiger partial charge in [0.05, 0.1) is 17.6 Å². The highest BCUT2D eigenvalue weighted by atomic mass is 79.9. The average Bonchev–Trinajstić information content (AvgIpc) is 3.38. The summed E-state index contributed by atoms with van der Waals surface area (Å²) in [5.41, 5.74) is 5.79. The smallest absolute Gasteiger partial charge is 0.273 e. The lowest BCUT2D eigenvalue weighted by Gasteiger charge is -2.27. The molecule has 0 bridgehead atoms. The van der Waals surface area contributed by atoms with Crippen LogP contribution in [0.1, 0.15) is 44.3 Å². The quantitative estimate of drug-likeness (QED) is 0.309. The van der Waals surface area contributed by atoms with Gasteiger partial charge in [0.25, 0.3) is 5.91 Å². The summed E-state index contributed by atoms with van der Waals surface area (Å²) < 4.78 is 5.84. The summed E-state index contributed by atoms with van der Waals surface area (Å²) in [6.45, 7) is 4.27. The molecule has 1 atom stereocenters. The number of halogens is 1. The lowest BCUT2D eigenvalue weighted by atomic mass is 9.94. The lowest BCUT2D eigenvalue weighted by molar-refractivity contribution is 0.0730. The Bertz CT molecular complexity index is 1450. The van der Waals surface area contributed by atoms with E-state index in [2.05, 4.69) is 26.1 Å². The van der Waals surface area contributed by atoms with Crippen LogP contribution in [0.4, 0.5) is 0 Å². The average molecular weight is 534 g/mol. The molecule has 3 N–H and O–H groups in total. The molecule has 8 heteroatoms. The number of phenols is 2. The number of aromatic amines is 1. The summed E-state index contributed by atoms with van der Waals surface area (Å²) in [6, 6.07) is 16.3. The van der Waals surface area contributed by atoms with Crippen molar-refractivity contribution in [3.63, 3.8) is 0 Å². The molecule has 0 saturated carbocycles. The number of carbonyl (C=O) groups excluding carboxylic acids is 1. The number of aromatic hydroxyl groups is 2. The van der Waals surface area contributed by atoms with Crippen molar-refractivity contribution < 1.29 is 19.7 Å². The number of carbonyl (C=O) groups is 1. The molecule has 0 aliphatic carbocycles. The van der Waals surface area contributed by atoms with E-state index < -0.39 is 6.04 Å². The van der Waals surface area contributed by atoms with E-state index in [1.165, 1.54) is 7.11 Å². The first-order chi connectivity index (χ1) is 16.8. The number of hydrogen-bond donors (Lipinski definition) is 3. The highest BCUT2D eigenvalue weighted by molar-refractivity contribution is 9.10. The fourth-order valence-corrected chi connectivity index (χ4v) is 5.05. The second-order valence-corrected chi connectivity index (χ2v) is 9.54. The number of rotatable bonds is 5. The van der Waals surface area contributed by atoms with E-state index in [0.717, 1.165) is 22.3 Å². The van der Waals surface area contributed by atoms with Crippen molar-refractivity contribution in [2.45, 2.75) is 26.4 Å². The van der Waals surface area contributed by atoms with Crippen molar-refractivity contribution in [3.8, 4) is 28.5 Å². The number of ether oxygens (including phenoxy) is 1. The molecule has 2 heterocycles. The number of H-pyrrole nitrogens is 1. The first-order valence-electron chi connectivity index (χ1n) is 11.1. The highest BCUT2D eigenvalue weighted by Crippen LogP contribution is 2.48. The van der Waals surface area contributed by atoms with Gasteiger partial charge in [-0.25, -0.2) is 0 Å². The van der Waals surface area contributed by atoms with Gasteiger partial charge in [-0.15, -0.1) is 0 Å². The molecule has 1 amide bonds. The third-order valence-electron chi connectivity index (χ3n) is 6.51. The fraction of sp³-hybridized carbons (Fsp3) is 0.185. The highest BCUT2D eigenvalue weighted by Gasteiger charge is 2.43. The monoisotopic (exact) mass is 533 g/mol. The number of aromatic nitrogens is 2. The molecular weight excluding hydrogens is 510 g/mol. The molecule has 4 aromatic rings. The van der Waals surface area contributed by atoms with Crippen LogP contribution >= 0.6 is 15.9 Å². The summed E-state index contributed by atoms with van der Waals surface area (Å²) in [5, 5.41) is 28.6. The van der Waals surface area contributed by atoms with Gasteiger partial charge in [-0.1, -0.05) is 30.3 Å². The standard InChI is InChI=1S/C27H24BrN3O4/c1-14-9-18(20(32)10-15(14)2)23-22-24(30-29-23)27(34)31(13-16-7-5-4-6-8-16)25(22)17-11-19(28)26(33)21(12-17)35-3/h4-12,25,32-33H,13H2,1-3H3,(H,29,30)/t25-/m0/s1. The summed E-state index contributed by atoms with van der Waals surface area (Å²) in [6.07, 6.45) is 0. The number of aryl methyl sites for hydroxylation is 2. The van der Waals surface area contributed by atoms with Crippen LogP contribution in [0.3, 0.4) is 0 Å². The maximum absolute atomic E-state index is 13.6. The van der Waals surface area contributed by atoms with Crippen molar-refractivity contribution in [2.24, 2.45) is 0 Å². The van der Waals surface area contributed by atoms with Crippen LogP contribution in [0.2, 0.25) is 0 Å². The maximum atomic E-state index is 13.6. The van der Waals surface area contributed by atoms with Gasteiger partial charge in [0.15, 0.2) is 11.5 Å². The van der Waals surface area contributed by atoms with E-state index in [1.54, 1.807) is 23.1 Å². The van der Waals surface area contributed by atoms with Gasteiger partial charge >= 0.3 is 0 Å². The van der Waals surface area contributed by atoms with Gasteiger partial charge in [0.1, 0.15) is 17.1 Å². The van der Waals surface area contributed by atoms with Crippen LogP contribution in [-0.2, 0) is 6.54 Å². The van der Waals surface area contributed by atoms with Gasteiger partial charge in [-0.2, -0.15) is 5.10 Å². The molecule has 1 aliphatic rings. The van der Waals surface area contributed by atoms with E-state index in [4.69, 9.17) is 4.74 Å². The van der Waals surface area contributed by atoms with E-state index in [-0.39, 0.29) is 23.2 Å².